The van der Waals surface area contributed by atoms with Crippen LogP contribution in [0.25, 0.3) is 0 Å². The van der Waals surface area contributed by atoms with Crippen LogP contribution in [0.4, 0.5) is 5.69 Å². The molecule has 1 aromatic heterocycles. The minimum Gasteiger partial charge on any atom is -0.472 e. The van der Waals surface area contributed by atoms with Crippen molar-refractivity contribution < 1.29 is 4.42 Å². The minimum atomic E-state index is 0.679. The number of furan rings is 1. The molecular formula is C21H30N2O. The lowest BCUT2D eigenvalue weighted by molar-refractivity contribution is 0.185. The zero-order chi connectivity index (χ0) is 16.8. The first kappa shape index (κ1) is 17.1. The van der Waals surface area contributed by atoms with Crippen LogP contribution in [0.2, 0.25) is 0 Å². The van der Waals surface area contributed by atoms with Crippen LogP contribution < -0.4 is 5.73 Å². The van der Waals surface area contributed by atoms with E-state index in [1.54, 1.807) is 6.26 Å². The van der Waals surface area contributed by atoms with Crippen LogP contribution >= 0.6 is 0 Å². The van der Waals surface area contributed by atoms with E-state index >= 15 is 0 Å². The molecule has 2 N–H and O–H groups in total. The molecule has 1 unspecified atom stereocenters. The van der Waals surface area contributed by atoms with Gasteiger partial charge < -0.3 is 15.1 Å². The lowest BCUT2D eigenvalue weighted by atomic mass is 9.86. The van der Waals surface area contributed by atoms with Gasteiger partial charge in [-0.25, -0.2) is 0 Å². The third-order valence-electron chi connectivity index (χ3n) is 5.41. The highest BCUT2D eigenvalue weighted by Crippen LogP contribution is 2.28. The van der Waals surface area contributed by atoms with Crippen molar-refractivity contribution >= 4 is 5.69 Å². The van der Waals surface area contributed by atoms with Gasteiger partial charge in [0.2, 0.25) is 0 Å². The van der Waals surface area contributed by atoms with Crippen LogP contribution in [-0.2, 0) is 19.3 Å². The molecule has 0 aliphatic heterocycles. The Morgan fingerprint density at radius 2 is 2.12 bits per heavy atom. The van der Waals surface area contributed by atoms with Crippen molar-refractivity contribution in [2.45, 2.75) is 57.9 Å². The Morgan fingerprint density at radius 3 is 2.92 bits per heavy atom. The number of rotatable bonds is 8. The number of likely N-dealkylation sites (N-methyl/N-ethyl adjacent to an activating group) is 1. The number of nitrogens with zero attached hydrogens (tertiary/aromatic N) is 1. The fraction of sp³-hybridized carbons (Fsp3) is 0.524. The van der Waals surface area contributed by atoms with Gasteiger partial charge in [0.25, 0.3) is 0 Å². The number of nitrogen functional groups attached to an aromatic ring is 1. The van der Waals surface area contributed by atoms with E-state index in [1.807, 2.05) is 12.3 Å². The van der Waals surface area contributed by atoms with E-state index in [1.165, 1.54) is 48.9 Å². The van der Waals surface area contributed by atoms with E-state index in [0.29, 0.717) is 6.04 Å². The summed E-state index contributed by atoms with van der Waals surface area (Å²) in [6, 6.07) is 9.15. The van der Waals surface area contributed by atoms with Crippen molar-refractivity contribution in [1.29, 1.82) is 0 Å². The number of anilines is 1. The van der Waals surface area contributed by atoms with Crippen molar-refractivity contribution in [2.75, 3.05) is 18.8 Å². The number of hydrogen-bond donors (Lipinski definition) is 1. The molecule has 2 aromatic rings. The first-order valence-corrected chi connectivity index (χ1v) is 9.39. The molecule has 1 atom stereocenters. The standard InChI is InChI=1S/C21H30N2O/c1-2-23(13-5-3-4-7-17-12-14-24-16-17)19-10-11-20-18(15-19)8-6-9-21(20)22/h6,8-9,12,14,16,19H,2-5,7,10-11,13,15,22H2,1H3. The molecular weight excluding hydrogens is 296 g/mol. The predicted molar refractivity (Wildman–Crippen MR) is 100 cm³/mol. The van der Waals surface area contributed by atoms with Crippen molar-refractivity contribution in [3.05, 3.63) is 53.5 Å². The van der Waals surface area contributed by atoms with Crippen molar-refractivity contribution in [3.63, 3.8) is 0 Å². The maximum absolute atomic E-state index is 6.13. The first-order chi connectivity index (χ1) is 11.8. The van der Waals surface area contributed by atoms with Crippen LogP contribution in [0.1, 0.15) is 49.3 Å². The average Bonchev–Trinajstić information content (AvgIpc) is 3.11. The summed E-state index contributed by atoms with van der Waals surface area (Å²) in [4.78, 5) is 2.67. The smallest absolute Gasteiger partial charge is 0.0934 e. The molecule has 0 saturated carbocycles. The summed E-state index contributed by atoms with van der Waals surface area (Å²) in [7, 11) is 0. The van der Waals surface area contributed by atoms with E-state index in [0.717, 1.165) is 31.5 Å². The van der Waals surface area contributed by atoms with E-state index in [-0.39, 0.29) is 0 Å². The fourth-order valence-corrected chi connectivity index (χ4v) is 3.98. The number of hydrogen-bond acceptors (Lipinski definition) is 3. The highest BCUT2D eigenvalue weighted by molar-refractivity contribution is 5.52. The topological polar surface area (TPSA) is 42.4 Å². The summed E-state index contributed by atoms with van der Waals surface area (Å²) < 4.78 is 5.13. The van der Waals surface area contributed by atoms with Gasteiger partial charge in [-0.1, -0.05) is 25.5 Å². The van der Waals surface area contributed by atoms with Gasteiger partial charge in [-0.2, -0.15) is 0 Å². The first-order valence-electron chi connectivity index (χ1n) is 9.39. The molecule has 3 rings (SSSR count). The van der Waals surface area contributed by atoms with E-state index < -0.39 is 0 Å². The molecule has 130 valence electrons. The molecule has 3 nitrogen and oxygen atoms in total. The highest BCUT2D eigenvalue weighted by Gasteiger charge is 2.24. The third-order valence-corrected chi connectivity index (χ3v) is 5.41. The Hall–Kier alpha value is -1.74. The van der Waals surface area contributed by atoms with Crippen LogP contribution in [0.3, 0.4) is 0 Å². The molecule has 1 aromatic carbocycles. The van der Waals surface area contributed by atoms with E-state index in [9.17, 15) is 0 Å². The Bertz CT molecular complexity index is 621. The number of benzene rings is 1. The van der Waals surface area contributed by atoms with Crippen molar-refractivity contribution in [2.24, 2.45) is 0 Å². The van der Waals surface area contributed by atoms with Gasteiger partial charge in [-0.3, -0.25) is 0 Å². The number of nitrogens with two attached hydrogens (primary N) is 1. The Morgan fingerprint density at radius 1 is 1.21 bits per heavy atom. The molecule has 0 spiro atoms. The van der Waals surface area contributed by atoms with Crippen LogP contribution in [0, 0.1) is 0 Å². The molecule has 1 aliphatic rings. The summed E-state index contributed by atoms with van der Waals surface area (Å²) in [5, 5.41) is 0. The van der Waals surface area contributed by atoms with Gasteiger partial charge in [0, 0.05) is 11.7 Å². The zero-order valence-corrected chi connectivity index (χ0v) is 14.8. The number of fused-ring (bicyclic) bond motifs is 1. The fourth-order valence-electron chi connectivity index (χ4n) is 3.98. The second-order valence-corrected chi connectivity index (χ2v) is 6.95. The van der Waals surface area contributed by atoms with Crippen LogP contribution in [0.5, 0.6) is 0 Å². The van der Waals surface area contributed by atoms with E-state index in [4.69, 9.17) is 10.2 Å². The predicted octanol–water partition coefficient (Wildman–Crippen LogP) is 4.45. The Kier molecular flexibility index (Phi) is 5.97. The summed E-state index contributed by atoms with van der Waals surface area (Å²) in [6.45, 7) is 4.65. The summed E-state index contributed by atoms with van der Waals surface area (Å²) in [5.74, 6) is 0. The maximum Gasteiger partial charge on any atom is 0.0934 e. The van der Waals surface area contributed by atoms with Gasteiger partial charge in [-0.05, 0) is 80.4 Å². The SMILES string of the molecule is CCN(CCCCCc1ccoc1)C1CCc2c(N)cccc2C1. The average molecular weight is 326 g/mol. The number of aryl methyl sites for hydroxylation is 1. The maximum atomic E-state index is 6.13. The lowest BCUT2D eigenvalue weighted by Gasteiger charge is -2.35. The normalized spacial score (nSPS) is 17.2. The molecule has 3 heteroatoms. The summed E-state index contributed by atoms with van der Waals surface area (Å²) in [5.41, 5.74) is 11.3. The monoisotopic (exact) mass is 326 g/mol. The second-order valence-electron chi connectivity index (χ2n) is 6.95. The molecule has 0 amide bonds. The highest BCUT2D eigenvalue weighted by atomic mass is 16.3. The molecule has 1 aliphatic carbocycles. The lowest BCUT2D eigenvalue weighted by Crippen LogP contribution is -2.40. The van der Waals surface area contributed by atoms with Gasteiger partial charge in [0.15, 0.2) is 0 Å². The molecule has 0 saturated heterocycles. The molecule has 24 heavy (non-hydrogen) atoms. The van der Waals surface area contributed by atoms with Gasteiger partial charge >= 0.3 is 0 Å². The third kappa shape index (κ3) is 4.21. The van der Waals surface area contributed by atoms with Gasteiger partial charge in [-0.15, -0.1) is 0 Å². The zero-order valence-electron chi connectivity index (χ0n) is 14.8. The van der Waals surface area contributed by atoms with Crippen molar-refractivity contribution in [3.8, 4) is 0 Å². The van der Waals surface area contributed by atoms with Gasteiger partial charge in [0.1, 0.15) is 0 Å². The minimum absolute atomic E-state index is 0.679. The second kappa shape index (κ2) is 8.39. The Balaban J connectivity index is 1.44. The summed E-state index contributed by atoms with van der Waals surface area (Å²) >= 11 is 0. The van der Waals surface area contributed by atoms with Crippen LogP contribution in [-0.4, -0.2) is 24.0 Å². The van der Waals surface area contributed by atoms with Crippen LogP contribution in [0.15, 0.2) is 41.2 Å². The molecule has 0 fully saturated rings. The van der Waals surface area contributed by atoms with Crippen molar-refractivity contribution in [1.82, 2.24) is 4.90 Å². The quantitative estimate of drug-likeness (QED) is 0.575. The molecule has 1 heterocycles. The molecule has 0 radical (unpaired) electrons. The van der Waals surface area contributed by atoms with Gasteiger partial charge in [0.05, 0.1) is 12.5 Å². The Labute approximate surface area is 145 Å². The van der Waals surface area contributed by atoms with E-state index in [2.05, 4.69) is 30.0 Å². The number of unbranched alkanes of at least 4 members (excludes halogenated alkanes) is 2. The largest absolute Gasteiger partial charge is 0.472 e. The molecule has 0 bridgehead atoms. The summed E-state index contributed by atoms with van der Waals surface area (Å²) in [6.07, 6.45) is 12.1.